The maximum absolute atomic E-state index is 11.6. The molecule has 3 heterocycles. The SMILES string of the molecule is Cc1cc(Cl)n2ncnc(N3CC4(CC(N(NC(C)C)S(=O)O)C4)C3)c12. The van der Waals surface area contributed by atoms with E-state index in [1.807, 2.05) is 26.8 Å². The minimum atomic E-state index is -2.01. The number of halogens is 1. The van der Waals surface area contributed by atoms with Gasteiger partial charge in [-0.15, -0.1) is 4.41 Å². The van der Waals surface area contributed by atoms with E-state index >= 15 is 0 Å². The Hall–Kier alpha value is -1.26. The highest BCUT2D eigenvalue weighted by molar-refractivity contribution is 7.76. The van der Waals surface area contributed by atoms with Gasteiger partial charge < -0.3 is 4.90 Å². The summed E-state index contributed by atoms with van der Waals surface area (Å²) in [6.07, 6.45) is 3.33. The van der Waals surface area contributed by atoms with Crippen molar-refractivity contribution in [3.63, 3.8) is 0 Å². The normalized spacial score (nSPS) is 20.8. The standard InChI is InChI=1S/C16H23ClN6O2S/c1-10(2)20-23(26(24)25)12-5-16(6-12)7-21(8-16)15-14-11(3)4-13(17)22(14)19-9-18-15/h4,9-10,12,20H,5-8H2,1-3H3,(H,24,25). The number of nitrogens with zero attached hydrogens (tertiary/aromatic N) is 5. The Morgan fingerprint density at radius 3 is 2.77 bits per heavy atom. The van der Waals surface area contributed by atoms with Gasteiger partial charge in [-0.1, -0.05) is 11.6 Å². The van der Waals surface area contributed by atoms with Crippen LogP contribution >= 0.6 is 11.6 Å². The van der Waals surface area contributed by atoms with Gasteiger partial charge in [0.15, 0.2) is 5.82 Å². The fraction of sp³-hybridized carbons (Fsp3) is 0.625. The van der Waals surface area contributed by atoms with E-state index in [2.05, 4.69) is 20.4 Å². The van der Waals surface area contributed by atoms with Crippen molar-refractivity contribution in [3.05, 3.63) is 23.1 Å². The highest BCUT2D eigenvalue weighted by Crippen LogP contribution is 2.51. The molecule has 2 aromatic heterocycles. The number of hydrazine groups is 1. The summed E-state index contributed by atoms with van der Waals surface area (Å²) in [7, 11) is 0. The molecule has 0 aromatic carbocycles. The molecule has 2 fully saturated rings. The molecule has 26 heavy (non-hydrogen) atoms. The van der Waals surface area contributed by atoms with Gasteiger partial charge in [0.05, 0.1) is 0 Å². The predicted octanol–water partition coefficient (Wildman–Crippen LogP) is 2.01. The topological polar surface area (TPSA) is 86.0 Å². The highest BCUT2D eigenvalue weighted by Gasteiger charge is 2.55. The van der Waals surface area contributed by atoms with Gasteiger partial charge in [0.2, 0.25) is 11.3 Å². The van der Waals surface area contributed by atoms with Crippen LogP contribution in [0.25, 0.3) is 5.52 Å². The van der Waals surface area contributed by atoms with Gasteiger partial charge in [0.25, 0.3) is 0 Å². The molecule has 2 N–H and O–H groups in total. The molecule has 1 aliphatic heterocycles. The van der Waals surface area contributed by atoms with Crippen molar-refractivity contribution >= 4 is 34.2 Å². The lowest BCUT2D eigenvalue weighted by Crippen LogP contribution is -2.68. The second kappa shape index (κ2) is 6.42. The molecule has 2 aliphatic rings. The van der Waals surface area contributed by atoms with Crippen LogP contribution in [0.1, 0.15) is 32.3 Å². The smallest absolute Gasteiger partial charge is 0.249 e. The van der Waals surface area contributed by atoms with Crippen molar-refractivity contribution in [1.29, 1.82) is 0 Å². The molecule has 0 amide bonds. The van der Waals surface area contributed by atoms with Crippen molar-refractivity contribution in [2.45, 2.75) is 45.7 Å². The Balaban J connectivity index is 1.45. The first-order valence-electron chi connectivity index (χ1n) is 8.70. The molecule has 0 radical (unpaired) electrons. The Labute approximate surface area is 159 Å². The van der Waals surface area contributed by atoms with Gasteiger partial charge in [-0.25, -0.2) is 19.1 Å². The lowest BCUT2D eigenvalue weighted by Gasteiger charge is -2.60. The van der Waals surface area contributed by atoms with Crippen molar-refractivity contribution in [3.8, 4) is 0 Å². The quantitative estimate of drug-likeness (QED) is 0.592. The number of fused-ring (bicyclic) bond motifs is 1. The maximum Gasteiger partial charge on any atom is 0.249 e. The van der Waals surface area contributed by atoms with Crippen molar-refractivity contribution < 1.29 is 8.76 Å². The Kier molecular flexibility index (Phi) is 4.47. The molecule has 1 atom stereocenters. The number of hydrogen-bond acceptors (Lipinski definition) is 5. The molecule has 10 heteroatoms. The van der Waals surface area contributed by atoms with Crippen LogP contribution in [0, 0.1) is 12.3 Å². The van der Waals surface area contributed by atoms with Crippen LogP contribution in [-0.2, 0) is 11.3 Å². The van der Waals surface area contributed by atoms with E-state index in [-0.39, 0.29) is 17.5 Å². The van der Waals surface area contributed by atoms with Crippen LogP contribution < -0.4 is 10.3 Å². The van der Waals surface area contributed by atoms with Crippen molar-refractivity contribution in [2.75, 3.05) is 18.0 Å². The van der Waals surface area contributed by atoms with Crippen LogP contribution in [0.4, 0.5) is 5.82 Å². The number of nitrogens with one attached hydrogen (secondary N) is 1. The summed E-state index contributed by atoms with van der Waals surface area (Å²) >= 11 is 4.22. The molecule has 4 rings (SSSR count). The Morgan fingerprint density at radius 2 is 2.15 bits per heavy atom. The molecule has 1 saturated heterocycles. The molecule has 0 bridgehead atoms. The molecule has 1 aliphatic carbocycles. The molecule has 142 valence electrons. The monoisotopic (exact) mass is 398 g/mol. The average molecular weight is 399 g/mol. The lowest BCUT2D eigenvalue weighted by molar-refractivity contribution is -0.00625. The van der Waals surface area contributed by atoms with Gasteiger partial charge in [-0.2, -0.15) is 5.10 Å². The van der Waals surface area contributed by atoms with Gasteiger partial charge >= 0.3 is 0 Å². The van der Waals surface area contributed by atoms with E-state index in [1.54, 1.807) is 4.52 Å². The summed E-state index contributed by atoms with van der Waals surface area (Å²) < 4.78 is 24.3. The zero-order valence-electron chi connectivity index (χ0n) is 15.0. The van der Waals surface area contributed by atoms with Crippen LogP contribution in [0.2, 0.25) is 5.15 Å². The molecule has 1 unspecified atom stereocenters. The number of aryl methyl sites for hydroxylation is 1. The number of aromatic nitrogens is 3. The Morgan fingerprint density at radius 1 is 1.46 bits per heavy atom. The third kappa shape index (κ3) is 2.91. The third-order valence-corrected chi connectivity index (χ3v) is 6.27. The Bertz CT molecular complexity index is 858. The predicted molar refractivity (Wildman–Crippen MR) is 101 cm³/mol. The van der Waals surface area contributed by atoms with Gasteiger partial charge in [0.1, 0.15) is 17.0 Å². The number of anilines is 1. The summed E-state index contributed by atoms with van der Waals surface area (Å²) in [6.45, 7) is 7.72. The largest absolute Gasteiger partial charge is 0.354 e. The summed E-state index contributed by atoms with van der Waals surface area (Å²) in [5.41, 5.74) is 5.28. The lowest BCUT2D eigenvalue weighted by atomic mass is 9.61. The summed E-state index contributed by atoms with van der Waals surface area (Å²) in [6, 6.07) is 2.10. The van der Waals surface area contributed by atoms with Crippen molar-refractivity contribution in [2.24, 2.45) is 5.41 Å². The molecular formula is C16H23ClN6O2S. The fourth-order valence-electron chi connectivity index (χ4n) is 4.20. The van der Waals surface area contributed by atoms with E-state index in [1.165, 1.54) is 10.7 Å². The van der Waals surface area contributed by atoms with Crippen LogP contribution in [0.3, 0.4) is 0 Å². The van der Waals surface area contributed by atoms with E-state index in [0.717, 1.165) is 42.8 Å². The van der Waals surface area contributed by atoms with E-state index in [9.17, 15) is 8.76 Å². The minimum Gasteiger partial charge on any atom is -0.354 e. The summed E-state index contributed by atoms with van der Waals surface area (Å²) in [5, 5.41) is 4.81. The third-order valence-electron chi connectivity index (χ3n) is 5.26. The van der Waals surface area contributed by atoms with Crippen LogP contribution in [0.15, 0.2) is 12.4 Å². The van der Waals surface area contributed by atoms with Gasteiger partial charge in [0, 0.05) is 30.6 Å². The molecule has 1 spiro atoms. The first-order chi connectivity index (χ1) is 12.3. The zero-order chi connectivity index (χ0) is 18.6. The molecular weight excluding hydrogens is 376 g/mol. The van der Waals surface area contributed by atoms with E-state index in [0.29, 0.717) is 5.15 Å². The summed E-state index contributed by atoms with van der Waals surface area (Å²) in [5.74, 6) is 0.904. The number of hydrogen-bond donors (Lipinski definition) is 2. The van der Waals surface area contributed by atoms with E-state index < -0.39 is 11.3 Å². The first kappa shape index (κ1) is 18.1. The maximum atomic E-state index is 11.6. The van der Waals surface area contributed by atoms with Crippen LogP contribution in [0.5, 0.6) is 0 Å². The second-order valence-corrected chi connectivity index (χ2v) is 8.99. The van der Waals surface area contributed by atoms with Crippen molar-refractivity contribution in [1.82, 2.24) is 24.4 Å². The molecule has 2 aromatic rings. The fourth-order valence-corrected chi connectivity index (χ4v) is 5.20. The van der Waals surface area contributed by atoms with E-state index in [4.69, 9.17) is 11.6 Å². The van der Waals surface area contributed by atoms with Gasteiger partial charge in [-0.3, -0.25) is 4.55 Å². The number of rotatable bonds is 5. The molecule has 1 saturated carbocycles. The summed E-state index contributed by atoms with van der Waals surface area (Å²) in [4.78, 5) is 6.72. The highest BCUT2D eigenvalue weighted by atomic mass is 35.5. The van der Waals surface area contributed by atoms with Gasteiger partial charge in [-0.05, 0) is 45.2 Å². The second-order valence-electron chi connectivity index (χ2n) is 7.75. The van der Waals surface area contributed by atoms with Crippen LogP contribution in [-0.4, -0.2) is 52.9 Å². The molecule has 8 nitrogen and oxygen atoms in total. The zero-order valence-corrected chi connectivity index (χ0v) is 16.6. The first-order valence-corrected chi connectivity index (χ1v) is 10.1. The minimum absolute atomic E-state index is 0.0836. The average Bonchev–Trinajstić information content (AvgIpc) is 2.78.